The molecule has 0 bridgehead atoms. The molecule has 0 radical (unpaired) electrons. The normalized spacial score (nSPS) is 5.40. The fraction of sp³-hybridized carbons (Fsp3) is 0. The second-order valence-electron chi connectivity index (χ2n) is 0.204. The number of rotatable bonds is 0. The Hall–Kier alpha value is 0.328. The monoisotopic (exact) mass is 242 g/mol. The fourth-order valence-corrected chi connectivity index (χ4v) is 0. The maximum atomic E-state index is 7.88. The van der Waals surface area contributed by atoms with Crippen molar-refractivity contribution in [1.29, 1.82) is 0 Å². The van der Waals surface area contributed by atoms with Gasteiger partial charge in [0, 0.05) is 0 Å². The van der Waals surface area contributed by atoms with E-state index in [1.165, 1.54) is 0 Å². The van der Waals surface area contributed by atoms with Crippen LogP contribution in [0.2, 0.25) is 0 Å². The van der Waals surface area contributed by atoms with Crippen LogP contribution < -0.4 is 31.5 Å². The number of hydrogen-bond acceptors (Lipinski definition) is 9. The van der Waals surface area contributed by atoms with Gasteiger partial charge in [-0.25, -0.2) is 0 Å². The molecule has 0 aromatic rings. The van der Waals surface area contributed by atoms with Gasteiger partial charge in [-0.05, 0) is 0 Å². The Bertz CT molecular complexity index is 9.44. The summed E-state index contributed by atoms with van der Waals surface area (Å²) in [7, 11) is 0. The molecule has 0 aliphatic carbocycles. The van der Waals surface area contributed by atoms with Crippen molar-refractivity contribution in [3.63, 3.8) is 0 Å². The van der Waals surface area contributed by atoms with Gasteiger partial charge in [0.1, 0.15) is 0 Å². The zero-order valence-electron chi connectivity index (χ0n) is 4.08. The van der Waals surface area contributed by atoms with Crippen molar-refractivity contribution >= 4 is 0 Å². The maximum absolute atomic E-state index is 7.88. The van der Waals surface area contributed by atoms with E-state index < -0.39 is 0 Å². The van der Waals surface area contributed by atoms with Crippen LogP contribution in [0.15, 0.2) is 0 Å². The molecule has 0 unspecified atom stereocenters. The predicted octanol–water partition coefficient (Wildman–Crippen LogP) is -7.34. The van der Waals surface area contributed by atoms with Crippen molar-refractivity contribution in [3.05, 3.63) is 0 Å². The van der Waals surface area contributed by atoms with Crippen molar-refractivity contribution in [2.24, 2.45) is 0 Å². The average molecular weight is 240 g/mol. The van der Waals surface area contributed by atoms with E-state index in [1.54, 1.807) is 15.1 Å². The standard InChI is InChI=1S/Mo.3H2O3/c;3*1-3-2/h;3*1-2H/q+6;;;/p-6. The first-order valence-electron chi connectivity index (χ1n) is 1.00. The molecule has 10 heavy (non-hydrogen) atoms. The van der Waals surface area contributed by atoms with Crippen LogP contribution in [-0.4, -0.2) is 0 Å². The summed E-state index contributed by atoms with van der Waals surface area (Å²) in [5, 5.41) is 52.5. The zero-order valence-corrected chi connectivity index (χ0v) is 6.09. The van der Waals surface area contributed by atoms with Crippen molar-refractivity contribution in [3.8, 4) is 0 Å². The van der Waals surface area contributed by atoms with E-state index in [4.69, 9.17) is 31.5 Å². The van der Waals surface area contributed by atoms with Crippen molar-refractivity contribution in [2.75, 3.05) is 0 Å². The van der Waals surface area contributed by atoms with E-state index in [0.717, 1.165) is 0 Å². The third-order valence-electron chi connectivity index (χ3n) is 0. The van der Waals surface area contributed by atoms with Gasteiger partial charge in [0.25, 0.3) is 0 Å². The zero-order chi connectivity index (χ0) is 8.12. The minimum atomic E-state index is 0. The summed E-state index contributed by atoms with van der Waals surface area (Å²) in [4.78, 5) is 0. The van der Waals surface area contributed by atoms with E-state index in [0.29, 0.717) is 0 Å². The summed E-state index contributed by atoms with van der Waals surface area (Å²) < 4.78 is 0. The second-order valence-corrected chi connectivity index (χ2v) is 0.204. The molecule has 0 saturated carbocycles. The summed E-state index contributed by atoms with van der Waals surface area (Å²) in [5.74, 6) is 0. The van der Waals surface area contributed by atoms with Crippen molar-refractivity contribution < 1.29 is 67.7 Å². The van der Waals surface area contributed by atoms with Gasteiger partial charge in [0.2, 0.25) is 0 Å². The Morgan fingerprint density at radius 2 is 0.500 bits per heavy atom. The van der Waals surface area contributed by atoms with Gasteiger partial charge in [-0.3, -0.25) is 0 Å². The van der Waals surface area contributed by atoms with Gasteiger partial charge in [0.15, 0.2) is 0 Å². The summed E-state index contributed by atoms with van der Waals surface area (Å²) in [6.07, 6.45) is 0. The van der Waals surface area contributed by atoms with Gasteiger partial charge in [-0.15, -0.1) is 0 Å². The van der Waals surface area contributed by atoms with Gasteiger partial charge in [-0.1, -0.05) is 0 Å². The van der Waals surface area contributed by atoms with E-state index in [1.807, 2.05) is 0 Å². The minimum absolute atomic E-state index is 0. The van der Waals surface area contributed by atoms with Crippen LogP contribution in [0.3, 0.4) is 0 Å². The number of hydrogen-bond donors (Lipinski definition) is 0. The molecule has 0 fully saturated rings. The largest absolute Gasteiger partial charge is 6.00 e. The third kappa shape index (κ3) is 4150. The van der Waals surface area contributed by atoms with Gasteiger partial charge >= 0.3 is 21.1 Å². The molecule has 0 N–H and O–H groups in total. The smallest absolute Gasteiger partial charge is 0.734 e. The van der Waals surface area contributed by atoms with Crippen LogP contribution in [-0.2, 0) is 36.2 Å². The van der Waals surface area contributed by atoms with Crippen LogP contribution >= 0.6 is 0 Å². The molecule has 0 spiro atoms. The first kappa shape index (κ1) is 22.4. The van der Waals surface area contributed by atoms with Crippen LogP contribution in [0.1, 0.15) is 0 Å². The Balaban J connectivity index is -0.0000000257. The van der Waals surface area contributed by atoms with Crippen LogP contribution in [0.4, 0.5) is 0 Å². The molecule has 0 rings (SSSR count). The molecule has 0 saturated heterocycles. The van der Waals surface area contributed by atoms with E-state index in [-0.39, 0.29) is 21.1 Å². The quantitative estimate of drug-likeness (QED) is 0.227. The van der Waals surface area contributed by atoms with Crippen LogP contribution in [0.5, 0.6) is 0 Å². The van der Waals surface area contributed by atoms with E-state index >= 15 is 0 Å². The Morgan fingerprint density at radius 3 is 0.500 bits per heavy atom. The second kappa shape index (κ2) is 58.4. The van der Waals surface area contributed by atoms with Gasteiger partial charge < -0.3 is 46.7 Å². The summed E-state index contributed by atoms with van der Waals surface area (Å²) >= 11 is 0. The average Bonchev–Trinajstić information content (AvgIpc) is 1.70. The molecule has 0 amide bonds. The molecule has 0 heterocycles. The summed E-state index contributed by atoms with van der Waals surface area (Å²) in [5.41, 5.74) is 0. The molecule has 0 aromatic heterocycles. The Morgan fingerprint density at radius 1 is 0.500 bits per heavy atom. The fourth-order valence-electron chi connectivity index (χ4n) is 0. The molecule has 0 aliphatic rings. The Labute approximate surface area is 68.5 Å². The SMILES string of the molecule is [Mo+6].[O-]O[O-].[O-]O[O-].[O-]O[O-]. The molecule has 0 atom stereocenters. The van der Waals surface area contributed by atoms with E-state index in [2.05, 4.69) is 0 Å². The van der Waals surface area contributed by atoms with Gasteiger partial charge in [0.05, 0.1) is 0 Å². The Kier molecular flexibility index (Phi) is 131. The molecular weight excluding hydrogens is 240 g/mol. The van der Waals surface area contributed by atoms with Crippen molar-refractivity contribution in [1.82, 2.24) is 0 Å². The third-order valence-corrected chi connectivity index (χ3v) is 0. The first-order valence-corrected chi connectivity index (χ1v) is 1.00. The first-order chi connectivity index (χ1) is 4.24. The molecule has 60 valence electrons. The topological polar surface area (TPSA) is 166 Å². The molecule has 0 aliphatic heterocycles. The molecule has 0 aromatic carbocycles. The van der Waals surface area contributed by atoms with Crippen LogP contribution in [0.25, 0.3) is 0 Å². The molecule has 10 heteroatoms. The van der Waals surface area contributed by atoms with Gasteiger partial charge in [-0.2, -0.15) is 0 Å². The van der Waals surface area contributed by atoms with Crippen molar-refractivity contribution in [2.45, 2.75) is 0 Å². The summed E-state index contributed by atoms with van der Waals surface area (Å²) in [6.45, 7) is 0. The minimum Gasteiger partial charge on any atom is -0.734 e. The molecule has 9 nitrogen and oxygen atoms in total. The summed E-state index contributed by atoms with van der Waals surface area (Å²) in [6, 6.07) is 0. The van der Waals surface area contributed by atoms with Crippen LogP contribution in [0, 0.1) is 0 Å². The van der Waals surface area contributed by atoms with E-state index in [9.17, 15) is 0 Å². The predicted molar refractivity (Wildman–Crippen MR) is 3.25 cm³/mol. The maximum Gasteiger partial charge on any atom is 6.00 e. The molecular formula is MoO9.